The van der Waals surface area contributed by atoms with Crippen molar-refractivity contribution in [2.75, 3.05) is 18.0 Å². The highest BCUT2D eigenvalue weighted by molar-refractivity contribution is 6.31. The zero-order valence-electron chi connectivity index (χ0n) is 10.5. The lowest BCUT2D eigenvalue weighted by molar-refractivity contribution is -0.175. The quantitative estimate of drug-likeness (QED) is 0.903. The van der Waals surface area contributed by atoms with Gasteiger partial charge in [-0.3, -0.25) is 0 Å². The molecule has 1 aromatic rings. The Labute approximate surface area is 118 Å². The summed E-state index contributed by atoms with van der Waals surface area (Å²) in [4.78, 5) is 12.6. The van der Waals surface area contributed by atoms with Gasteiger partial charge < -0.3 is 10.0 Å². The van der Waals surface area contributed by atoms with Crippen LogP contribution in [0.5, 0.6) is 0 Å². The van der Waals surface area contributed by atoms with E-state index in [4.69, 9.17) is 16.7 Å². The molecule has 0 spiro atoms. The van der Waals surface area contributed by atoms with Crippen molar-refractivity contribution >= 4 is 23.3 Å². The number of hydrogen-bond acceptors (Lipinski definition) is 2. The third-order valence-corrected chi connectivity index (χ3v) is 3.65. The number of piperidine rings is 1. The van der Waals surface area contributed by atoms with Crippen LogP contribution >= 0.6 is 11.6 Å². The van der Waals surface area contributed by atoms with E-state index in [1.807, 2.05) is 0 Å². The van der Waals surface area contributed by atoms with E-state index >= 15 is 0 Å². The number of aromatic carboxylic acids is 1. The number of carboxylic acid groups (broad SMARTS) is 1. The second-order valence-corrected chi connectivity index (χ2v) is 5.23. The third-order valence-electron chi connectivity index (χ3n) is 3.42. The minimum Gasteiger partial charge on any atom is -0.478 e. The molecule has 1 unspecified atom stereocenters. The van der Waals surface area contributed by atoms with Crippen LogP contribution in [0.3, 0.4) is 0 Å². The zero-order chi connectivity index (χ0) is 14.9. The number of hydrogen-bond donors (Lipinski definition) is 1. The Balaban J connectivity index is 2.31. The lowest BCUT2D eigenvalue weighted by Gasteiger charge is -2.36. The summed E-state index contributed by atoms with van der Waals surface area (Å²) in [5.41, 5.74) is 0.219. The molecular weight excluding hydrogens is 295 g/mol. The van der Waals surface area contributed by atoms with E-state index < -0.39 is 18.1 Å². The van der Waals surface area contributed by atoms with Crippen LogP contribution in [0.15, 0.2) is 18.2 Å². The maximum Gasteiger partial charge on any atom is 0.393 e. The fourth-order valence-electron chi connectivity index (χ4n) is 2.41. The van der Waals surface area contributed by atoms with E-state index in [1.54, 1.807) is 0 Å². The maximum absolute atomic E-state index is 12.8. The van der Waals surface area contributed by atoms with Gasteiger partial charge in [0.25, 0.3) is 0 Å². The molecule has 3 nitrogen and oxygen atoms in total. The van der Waals surface area contributed by atoms with Crippen LogP contribution in [0.4, 0.5) is 18.9 Å². The summed E-state index contributed by atoms with van der Waals surface area (Å²) in [7, 11) is 0. The van der Waals surface area contributed by atoms with Crippen molar-refractivity contribution in [2.45, 2.75) is 19.0 Å². The van der Waals surface area contributed by atoms with Gasteiger partial charge in [-0.15, -0.1) is 0 Å². The standard InChI is InChI=1S/C13H13ClF3NO2/c14-9-3-4-10(12(19)20)11(6-9)18-5-1-2-8(7-18)13(15,16)17/h3-4,6,8H,1-2,5,7H2,(H,19,20). The molecule has 1 fully saturated rings. The molecule has 1 atom stereocenters. The summed E-state index contributed by atoms with van der Waals surface area (Å²) in [6.45, 7) is 0.164. The van der Waals surface area contributed by atoms with Gasteiger partial charge in [-0.1, -0.05) is 11.6 Å². The highest BCUT2D eigenvalue weighted by Gasteiger charge is 2.42. The summed E-state index contributed by atoms with van der Waals surface area (Å²) >= 11 is 5.83. The van der Waals surface area contributed by atoms with Gasteiger partial charge in [0.05, 0.1) is 17.2 Å². The Morgan fingerprint density at radius 3 is 2.70 bits per heavy atom. The Morgan fingerprint density at radius 1 is 1.40 bits per heavy atom. The number of alkyl halides is 3. The topological polar surface area (TPSA) is 40.5 Å². The van der Waals surface area contributed by atoms with Gasteiger partial charge in [0.1, 0.15) is 0 Å². The number of anilines is 1. The van der Waals surface area contributed by atoms with Crippen LogP contribution in [0, 0.1) is 5.92 Å². The SMILES string of the molecule is O=C(O)c1ccc(Cl)cc1N1CCCC(C(F)(F)F)C1. The van der Waals surface area contributed by atoms with Crippen molar-refractivity contribution in [3.8, 4) is 0 Å². The van der Waals surface area contributed by atoms with E-state index in [0.29, 0.717) is 18.0 Å². The molecule has 20 heavy (non-hydrogen) atoms. The lowest BCUT2D eigenvalue weighted by atomic mass is 9.96. The zero-order valence-corrected chi connectivity index (χ0v) is 11.2. The predicted molar refractivity (Wildman–Crippen MR) is 69.4 cm³/mol. The molecule has 0 aliphatic carbocycles. The third kappa shape index (κ3) is 3.17. The molecule has 0 aromatic heterocycles. The van der Waals surface area contributed by atoms with Gasteiger partial charge in [0, 0.05) is 18.1 Å². The van der Waals surface area contributed by atoms with Crippen molar-refractivity contribution in [3.63, 3.8) is 0 Å². The minimum atomic E-state index is -4.26. The van der Waals surface area contributed by atoms with E-state index in [1.165, 1.54) is 23.1 Å². The van der Waals surface area contributed by atoms with Crippen molar-refractivity contribution in [1.29, 1.82) is 0 Å². The molecule has 1 heterocycles. The maximum atomic E-state index is 12.8. The fraction of sp³-hybridized carbons (Fsp3) is 0.462. The summed E-state index contributed by atoms with van der Waals surface area (Å²) in [5.74, 6) is -2.61. The number of carbonyl (C=O) groups is 1. The highest BCUT2D eigenvalue weighted by Crippen LogP contribution is 2.36. The molecule has 7 heteroatoms. The molecule has 110 valence electrons. The van der Waals surface area contributed by atoms with E-state index in [2.05, 4.69) is 0 Å². The number of carboxylic acids is 1. The van der Waals surface area contributed by atoms with E-state index in [9.17, 15) is 18.0 Å². The summed E-state index contributed by atoms with van der Waals surface area (Å²) in [6, 6.07) is 4.14. The lowest BCUT2D eigenvalue weighted by Crippen LogP contribution is -2.42. The van der Waals surface area contributed by atoms with Crippen molar-refractivity contribution in [1.82, 2.24) is 0 Å². The van der Waals surface area contributed by atoms with Crippen LogP contribution in [0.1, 0.15) is 23.2 Å². The van der Waals surface area contributed by atoms with Crippen molar-refractivity contribution < 1.29 is 23.1 Å². The monoisotopic (exact) mass is 307 g/mol. The normalized spacial score (nSPS) is 20.0. The molecule has 0 bridgehead atoms. The molecule has 1 aliphatic rings. The number of nitrogens with zero attached hydrogens (tertiary/aromatic N) is 1. The highest BCUT2D eigenvalue weighted by atomic mass is 35.5. The van der Waals surface area contributed by atoms with Crippen molar-refractivity contribution in [2.24, 2.45) is 5.92 Å². The summed E-state index contributed by atoms with van der Waals surface area (Å²) in [5, 5.41) is 9.43. The van der Waals surface area contributed by atoms with Crippen LogP contribution in [-0.2, 0) is 0 Å². The van der Waals surface area contributed by atoms with Crippen molar-refractivity contribution in [3.05, 3.63) is 28.8 Å². The van der Waals surface area contributed by atoms with Gasteiger partial charge in [0.2, 0.25) is 0 Å². The molecule has 0 radical (unpaired) electrons. The van der Waals surface area contributed by atoms with Gasteiger partial charge in [-0.25, -0.2) is 4.79 Å². The summed E-state index contributed by atoms with van der Waals surface area (Å²) < 4.78 is 38.4. The van der Waals surface area contributed by atoms with Crippen LogP contribution in [-0.4, -0.2) is 30.3 Å². The Bertz CT molecular complexity index is 519. The van der Waals surface area contributed by atoms with E-state index in [0.717, 1.165) is 0 Å². The number of halogens is 4. The molecule has 0 saturated carbocycles. The van der Waals surface area contributed by atoms with Gasteiger partial charge in [-0.05, 0) is 31.0 Å². The molecular formula is C13H13ClF3NO2. The first-order valence-corrected chi connectivity index (χ1v) is 6.51. The first kappa shape index (κ1) is 15.0. The Hall–Kier alpha value is -1.43. The first-order chi connectivity index (χ1) is 9.29. The molecule has 1 N–H and O–H groups in total. The fourth-order valence-corrected chi connectivity index (χ4v) is 2.58. The van der Waals surface area contributed by atoms with Gasteiger partial charge in [0.15, 0.2) is 0 Å². The number of benzene rings is 1. The average molecular weight is 308 g/mol. The van der Waals surface area contributed by atoms with Crippen LogP contribution < -0.4 is 4.90 Å². The van der Waals surface area contributed by atoms with Gasteiger partial charge in [-0.2, -0.15) is 13.2 Å². The first-order valence-electron chi connectivity index (χ1n) is 6.13. The molecule has 0 amide bonds. The molecule has 1 saturated heterocycles. The molecule has 2 rings (SSSR count). The second-order valence-electron chi connectivity index (χ2n) is 4.79. The number of rotatable bonds is 2. The van der Waals surface area contributed by atoms with Gasteiger partial charge >= 0.3 is 12.1 Å². The Morgan fingerprint density at radius 2 is 2.10 bits per heavy atom. The summed E-state index contributed by atoms with van der Waals surface area (Å²) in [6.07, 6.45) is -3.82. The average Bonchev–Trinajstić information content (AvgIpc) is 2.37. The Kier molecular flexibility index (Phi) is 4.13. The smallest absolute Gasteiger partial charge is 0.393 e. The minimum absolute atomic E-state index is 0.0303. The van der Waals surface area contributed by atoms with Crippen LogP contribution in [0.25, 0.3) is 0 Å². The molecule has 1 aromatic carbocycles. The largest absolute Gasteiger partial charge is 0.478 e. The van der Waals surface area contributed by atoms with E-state index in [-0.39, 0.29) is 24.2 Å². The van der Waals surface area contributed by atoms with Crippen LogP contribution in [0.2, 0.25) is 5.02 Å². The second kappa shape index (κ2) is 5.52. The molecule has 1 aliphatic heterocycles. The predicted octanol–water partition coefficient (Wildman–Crippen LogP) is 3.82.